The number of pyridine rings is 2. The van der Waals surface area contributed by atoms with Crippen molar-refractivity contribution >= 4 is 22.4 Å². The Morgan fingerprint density at radius 2 is 1.84 bits per heavy atom. The normalized spacial score (nSPS) is 11.3. The zero-order valence-electron chi connectivity index (χ0n) is 15.7. The fraction of sp³-hybridized carbons (Fsp3) is 0.0455. The lowest BCUT2D eigenvalue weighted by atomic mass is 10.0. The minimum absolute atomic E-state index is 0.0448. The topological polar surface area (TPSA) is 84.1 Å². The minimum atomic E-state index is -4.86. The Hall–Kier alpha value is -4.14. The number of benzene rings is 2. The number of alkyl halides is 3. The van der Waals surface area contributed by atoms with Gasteiger partial charge in [0.05, 0.1) is 0 Å². The summed E-state index contributed by atoms with van der Waals surface area (Å²) in [4.78, 5) is 31.6. The van der Waals surface area contributed by atoms with Crippen LogP contribution in [-0.4, -0.2) is 22.2 Å². The van der Waals surface area contributed by atoms with Crippen molar-refractivity contribution in [2.24, 2.45) is 0 Å². The van der Waals surface area contributed by atoms with Gasteiger partial charge in [-0.2, -0.15) is 0 Å². The van der Waals surface area contributed by atoms with Crippen molar-refractivity contribution in [1.29, 1.82) is 0 Å². The first-order valence-corrected chi connectivity index (χ1v) is 9.03. The first kappa shape index (κ1) is 20.1. The highest BCUT2D eigenvalue weighted by molar-refractivity contribution is 6.05. The monoisotopic (exact) mass is 425 g/mol. The molecule has 0 saturated carbocycles. The standard InChI is InChI=1S/C22H14F3N3O3/c23-22(24,25)31-16-6-3-5-15(9-16)28-21(30)18-8-14(11-27-20(18)29)19-12-26-10-13-4-1-2-7-17(13)19/h1-12H,(H,27,29)(H,28,30). The summed E-state index contributed by atoms with van der Waals surface area (Å²) in [6.07, 6.45) is -0.0648. The van der Waals surface area contributed by atoms with Crippen LogP contribution < -0.4 is 15.6 Å². The molecule has 1 amide bonds. The SMILES string of the molecule is O=C(Nc1cccc(OC(F)(F)F)c1)c1cc(-c2cncc3ccccc23)c[nH]c1=O. The molecular formula is C22H14F3N3O3. The highest BCUT2D eigenvalue weighted by Gasteiger charge is 2.31. The summed E-state index contributed by atoms with van der Waals surface area (Å²) >= 11 is 0. The molecule has 2 aromatic carbocycles. The maximum atomic E-state index is 12.7. The molecule has 4 rings (SSSR count). The summed E-state index contributed by atoms with van der Waals surface area (Å²) in [5.41, 5.74) is 0.472. The summed E-state index contributed by atoms with van der Waals surface area (Å²) < 4.78 is 41.1. The van der Waals surface area contributed by atoms with E-state index in [1.807, 2.05) is 24.3 Å². The van der Waals surface area contributed by atoms with Crippen molar-refractivity contribution < 1.29 is 22.7 Å². The summed E-state index contributed by atoms with van der Waals surface area (Å²) in [7, 11) is 0. The number of hydrogen-bond donors (Lipinski definition) is 2. The number of anilines is 1. The van der Waals surface area contributed by atoms with E-state index in [1.54, 1.807) is 12.4 Å². The molecule has 4 aromatic rings. The highest BCUT2D eigenvalue weighted by Crippen LogP contribution is 2.28. The summed E-state index contributed by atoms with van der Waals surface area (Å²) in [6.45, 7) is 0. The molecule has 31 heavy (non-hydrogen) atoms. The molecule has 0 spiro atoms. The molecule has 0 aliphatic rings. The lowest BCUT2D eigenvalue weighted by Crippen LogP contribution is -2.23. The van der Waals surface area contributed by atoms with Crippen LogP contribution in [0.2, 0.25) is 0 Å². The van der Waals surface area contributed by atoms with Gasteiger partial charge in [-0.1, -0.05) is 30.3 Å². The van der Waals surface area contributed by atoms with Crippen LogP contribution in [0.15, 0.2) is 78.0 Å². The molecular weight excluding hydrogens is 411 g/mol. The number of aromatic amines is 1. The molecule has 2 aromatic heterocycles. The molecule has 0 atom stereocenters. The third-order valence-electron chi connectivity index (χ3n) is 4.45. The lowest BCUT2D eigenvalue weighted by Gasteiger charge is -2.11. The number of ether oxygens (including phenoxy) is 1. The predicted octanol–water partition coefficient (Wildman–Crippen LogP) is 4.74. The van der Waals surface area contributed by atoms with Crippen LogP contribution in [0.1, 0.15) is 10.4 Å². The number of halogens is 3. The van der Waals surface area contributed by atoms with Crippen molar-refractivity contribution in [3.8, 4) is 16.9 Å². The van der Waals surface area contributed by atoms with Crippen molar-refractivity contribution in [2.45, 2.75) is 6.36 Å². The maximum absolute atomic E-state index is 12.7. The summed E-state index contributed by atoms with van der Waals surface area (Å²) in [5.74, 6) is -1.27. The van der Waals surface area contributed by atoms with Gasteiger partial charge in [-0.3, -0.25) is 14.6 Å². The third-order valence-corrected chi connectivity index (χ3v) is 4.45. The van der Waals surface area contributed by atoms with Crippen LogP contribution in [0.25, 0.3) is 21.9 Å². The van der Waals surface area contributed by atoms with E-state index >= 15 is 0 Å². The van der Waals surface area contributed by atoms with Crippen LogP contribution in [-0.2, 0) is 0 Å². The van der Waals surface area contributed by atoms with E-state index in [9.17, 15) is 22.8 Å². The van der Waals surface area contributed by atoms with Gasteiger partial charge in [0.15, 0.2) is 0 Å². The second-order valence-corrected chi connectivity index (χ2v) is 6.57. The van der Waals surface area contributed by atoms with Gasteiger partial charge in [-0.15, -0.1) is 13.2 Å². The van der Waals surface area contributed by atoms with E-state index in [1.165, 1.54) is 24.4 Å². The van der Waals surface area contributed by atoms with Crippen molar-refractivity contribution in [1.82, 2.24) is 9.97 Å². The van der Waals surface area contributed by atoms with Gasteiger partial charge in [0.2, 0.25) is 0 Å². The molecule has 0 aliphatic carbocycles. The zero-order valence-corrected chi connectivity index (χ0v) is 15.7. The van der Waals surface area contributed by atoms with E-state index in [0.29, 0.717) is 11.1 Å². The number of nitrogens with zero attached hydrogens (tertiary/aromatic N) is 1. The second-order valence-electron chi connectivity index (χ2n) is 6.57. The first-order chi connectivity index (χ1) is 14.8. The number of carbonyl (C=O) groups excluding carboxylic acids is 1. The van der Waals surface area contributed by atoms with E-state index in [2.05, 4.69) is 20.0 Å². The Morgan fingerprint density at radius 3 is 2.65 bits per heavy atom. The van der Waals surface area contributed by atoms with Crippen LogP contribution in [0.3, 0.4) is 0 Å². The molecule has 6 nitrogen and oxygen atoms in total. The van der Waals surface area contributed by atoms with E-state index in [4.69, 9.17) is 0 Å². The summed E-state index contributed by atoms with van der Waals surface area (Å²) in [5, 5.41) is 4.19. The Kier molecular flexibility index (Phi) is 5.16. The zero-order chi connectivity index (χ0) is 22.0. The quantitative estimate of drug-likeness (QED) is 0.495. The predicted molar refractivity (Wildman–Crippen MR) is 109 cm³/mol. The van der Waals surface area contributed by atoms with Gasteiger partial charge >= 0.3 is 6.36 Å². The molecule has 2 heterocycles. The molecule has 0 unspecified atom stereocenters. The number of amides is 1. The Labute approximate surface area is 173 Å². The van der Waals surface area contributed by atoms with Gasteiger partial charge in [0.25, 0.3) is 11.5 Å². The molecule has 0 aliphatic heterocycles. The Balaban J connectivity index is 1.66. The van der Waals surface area contributed by atoms with Gasteiger partial charge in [0.1, 0.15) is 11.3 Å². The number of hydrogen-bond acceptors (Lipinski definition) is 4. The molecule has 0 radical (unpaired) electrons. The summed E-state index contributed by atoms with van der Waals surface area (Å²) in [6, 6.07) is 13.7. The van der Waals surface area contributed by atoms with Gasteiger partial charge < -0.3 is 15.0 Å². The second kappa shape index (κ2) is 7.94. The van der Waals surface area contributed by atoms with E-state index in [0.717, 1.165) is 22.9 Å². The smallest absolute Gasteiger partial charge is 0.406 e. The molecule has 2 N–H and O–H groups in total. The van der Waals surface area contributed by atoms with Crippen molar-refractivity contribution in [3.63, 3.8) is 0 Å². The fourth-order valence-corrected chi connectivity index (χ4v) is 3.12. The van der Waals surface area contributed by atoms with E-state index < -0.39 is 23.6 Å². The molecule has 156 valence electrons. The largest absolute Gasteiger partial charge is 0.573 e. The molecule has 0 saturated heterocycles. The number of nitrogens with one attached hydrogen (secondary N) is 2. The number of carbonyl (C=O) groups is 1. The maximum Gasteiger partial charge on any atom is 0.573 e. The van der Waals surface area contributed by atoms with Crippen molar-refractivity contribution in [3.05, 3.63) is 89.1 Å². The lowest BCUT2D eigenvalue weighted by molar-refractivity contribution is -0.274. The molecule has 9 heteroatoms. The van der Waals surface area contributed by atoms with Crippen LogP contribution >= 0.6 is 0 Å². The molecule has 0 fully saturated rings. The Morgan fingerprint density at radius 1 is 1.03 bits per heavy atom. The minimum Gasteiger partial charge on any atom is -0.406 e. The van der Waals surface area contributed by atoms with Crippen LogP contribution in [0, 0.1) is 0 Å². The van der Waals surface area contributed by atoms with Crippen LogP contribution in [0.5, 0.6) is 5.75 Å². The average Bonchev–Trinajstić information content (AvgIpc) is 2.73. The van der Waals surface area contributed by atoms with E-state index in [-0.39, 0.29) is 11.3 Å². The third kappa shape index (κ3) is 4.55. The molecule has 0 bridgehead atoms. The van der Waals surface area contributed by atoms with Gasteiger partial charge in [0, 0.05) is 46.9 Å². The van der Waals surface area contributed by atoms with Gasteiger partial charge in [-0.05, 0) is 23.6 Å². The number of H-pyrrole nitrogens is 1. The number of fused-ring (bicyclic) bond motifs is 1. The Bertz CT molecular complexity index is 1330. The van der Waals surface area contributed by atoms with Gasteiger partial charge in [-0.25, -0.2) is 0 Å². The fourth-order valence-electron chi connectivity index (χ4n) is 3.12. The first-order valence-electron chi connectivity index (χ1n) is 9.03. The van der Waals surface area contributed by atoms with Crippen molar-refractivity contribution in [2.75, 3.05) is 5.32 Å². The highest BCUT2D eigenvalue weighted by atomic mass is 19.4. The number of rotatable bonds is 4. The average molecular weight is 425 g/mol. The van der Waals surface area contributed by atoms with Crippen LogP contribution in [0.4, 0.5) is 18.9 Å². The number of aromatic nitrogens is 2.